The van der Waals surface area contributed by atoms with E-state index >= 15 is 0 Å². The first kappa shape index (κ1) is 34.9. The van der Waals surface area contributed by atoms with Crippen LogP contribution in [-0.2, 0) is 21.1 Å². The van der Waals surface area contributed by atoms with Crippen molar-refractivity contribution in [3.63, 3.8) is 0 Å². The molecule has 47 heavy (non-hydrogen) atoms. The second-order valence-corrected chi connectivity index (χ2v) is 15.0. The molecule has 0 aromatic rings. The van der Waals surface area contributed by atoms with Gasteiger partial charge in [-0.1, -0.05) is 77.0 Å². The van der Waals surface area contributed by atoms with Gasteiger partial charge in [0, 0.05) is 37.5 Å². The largest absolute Gasteiger partial charge is 4.00 e. The van der Waals surface area contributed by atoms with E-state index in [1.807, 2.05) is 0 Å². The van der Waals surface area contributed by atoms with Crippen molar-refractivity contribution in [1.29, 1.82) is 0 Å². The predicted molar refractivity (Wildman–Crippen MR) is 186 cm³/mol. The van der Waals surface area contributed by atoms with Crippen LogP contribution in [0.15, 0.2) is 49.6 Å². The van der Waals surface area contributed by atoms with E-state index in [0.717, 1.165) is 37.5 Å². The summed E-state index contributed by atoms with van der Waals surface area (Å²) in [4.78, 5) is 18.9. The van der Waals surface area contributed by atoms with Gasteiger partial charge < -0.3 is 39.2 Å². The molecule has 9 heteroatoms. The molecule has 8 nitrogen and oxygen atoms in total. The third kappa shape index (κ3) is 9.60. The summed E-state index contributed by atoms with van der Waals surface area (Å²) in [6.07, 6.45) is 45.5. The van der Waals surface area contributed by atoms with Crippen molar-refractivity contribution in [3.8, 4) is 0 Å². The molecule has 262 valence electrons. The molecule has 0 aromatic heterocycles. The molecule has 0 saturated heterocycles. The molecule has 0 N–H and O–H groups in total. The Balaban J connectivity index is 0.000000161. The first-order chi connectivity index (χ1) is 22.8. The standard InChI is InChI=1S/2C19H30N4.Pt/c2*1-3-7-18(8-4-1)22-13-11-20(16-22)15-21-12-14-23(17-21)19-9-5-2-6-10-19;/h2*11-14,16-19H,1-10,15H2;/q2*-2;+4. The zero-order valence-electron chi connectivity index (χ0n) is 28.7. The molecule has 0 aromatic carbocycles. The Hall–Kier alpha value is -1.95. The molecule has 0 amide bonds. The third-order valence-electron chi connectivity index (χ3n) is 11.5. The Morgan fingerprint density at radius 2 is 0.532 bits per heavy atom. The van der Waals surface area contributed by atoms with Crippen LogP contribution in [0.3, 0.4) is 0 Å². The quantitative estimate of drug-likeness (QED) is 0.227. The van der Waals surface area contributed by atoms with Crippen LogP contribution in [-0.4, -0.2) is 76.7 Å². The molecule has 4 saturated carbocycles. The number of nitrogens with zero attached hydrogens (tertiary/aromatic N) is 8. The van der Waals surface area contributed by atoms with Crippen LogP contribution in [0.4, 0.5) is 0 Å². The summed E-state index contributed by atoms with van der Waals surface area (Å²) in [6.45, 7) is 11.0. The maximum absolute atomic E-state index is 2.43. The van der Waals surface area contributed by atoms with Crippen molar-refractivity contribution in [1.82, 2.24) is 39.2 Å². The number of hydrogen-bond acceptors (Lipinski definition) is 8. The normalized spacial score (nSPS) is 26.2. The second kappa shape index (κ2) is 17.6. The van der Waals surface area contributed by atoms with Crippen LogP contribution < -0.4 is 0 Å². The van der Waals surface area contributed by atoms with Gasteiger partial charge in [0.15, 0.2) is 0 Å². The Morgan fingerprint density at radius 1 is 0.319 bits per heavy atom. The molecule has 0 radical (unpaired) electrons. The van der Waals surface area contributed by atoms with Crippen molar-refractivity contribution in [2.75, 3.05) is 13.3 Å². The van der Waals surface area contributed by atoms with E-state index in [1.54, 1.807) is 0 Å². The van der Waals surface area contributed by atoms with Gasteiger partial charge in [-0.3, -0.25) is 0 Å². The molecular formula is C38H60N8Pt. The minimum Gasteiger partial charge on any atom is -0.506 e. The van der Waals surface area contributed by atoms with Crippen LogP contribution in [0.2, 0.25) is 0 Å². The fraction of sp³-hybridized carbons (Fsp3) is 0.684. The number of hydrogen-bond donors (Lipinski definition) is 0. The summed E-state index contributed by atoms with van der Waals surface area (Å²) in [6, 6.07) is 2.90. The van der Waals surface area contributed by atoms with E-state index in [9.17, 15) is 0 Å². The molecule has 0 bridgehead atoms. The molecule has 0 unspecified atom stereocenters. The van der Waals surface area contributed by atoms with Gasteiger partial charge >= 0.3 is 21.1 Å². The minimum absolute atomic E-state index is 0. The summed E-state index contributed by atoms with van der Waals surface area (Å²) in [5, 5.41) is 0. The van der Waals surface area contributed by atoms with Crippen molar-refractivity contribution in [2.24, 2.45) is 0 Å². The van der Waals surface area contributed by atoms with Gasteiger partial charge in [0.05, 0.1) is 0 Å². The molecular weight excluding hydrogens is 764 g/mol. The Morgan fingerprint density at radius 3 is 0.745 bits per heavy atom. The van der Waals surface area contributed by atoms with Crippen molar-refractivity contribution < 1.29 is 21.1 Å². The topological polar surface area (TPSA) is 25.9 Å². The van der Waals surface area contributed by atoms with Crippen LogP contribution in [0.1, 0.15) is 128 Å². The smallest absolute Gasteiger partial charge is 0.506 e. The molecule has 4 heterocycles. The SMILES string of the molecule is C1=CN(C2CCCCC2)[CH-]N1CN1C=CN(C2CCCCC2)[CH-]1.C1=CN(C2CCCCC2)[CH-]N1CN1C=CN(C2CCCCC2)[CH-]1.[Pt+4]. The van der Waals surface area contributed by atoms with Crippen molar-refractivity contribution >= 4 is 0 Å². The van der Waals surface area contributed by atoms with Crippen molar-refractivity contribution in [3.05, 3.63) is 76.3 Å². The zero-order valence-corrected chi connectivity index (χ0v) is 31.0. The fourth-order valence-corrected chi connectivity index (χ4v) is 8.74. The maximum Gasteiger partial charge on any atom is 4.00 e. The first-order valence-corrected chi connectivity index (χ1v) is 19.0. The van der Waals surface area contributed by atoms with Gasteiger partial charge in [0.2, 0.25) is 0 Å². The van der Waals surface area contributed by atoms with E-state index in [0.29, 0.717) is 0 Å². The average molecular weight is 824 g/mol. The fourth-order valence-electron chi connectivity index (χ4n) is 8.74. The van der Waals surface area contributed by atoms with Crippen LogP contribution >= 0.6 is 0 Å². The maximum atomic E-state index is 2.43. The molecule has 4 aliphatic carbocycles. The van der Waals surface area contributed by atoms with Gasteiger partial charge in [0.1, 0.15) is 0 Å². The van der Waals surface area contributed by atoms with E-state index in [-0.39, 0.29) is 21.1 Å². The Bertz CT molecular complexity index is 878. The van der Waals surface area contributed by atoms with Crippen LogP contribution in [0, 0.1) is 26.7 Å². The van der Waals surface area contributed by atoms with E-state index in [2.05, 4.69) is 115 Å². The zero-order chi connectivity index (χ0) is 31.0. The summed E-state index contributed by atoms with van der Waals surface area (Å²) >= 11 is 0. The number of rotatable bonds is 8. The van der Waals surface area contributed by atoms with Gasteiger partial charge in [-0.25, -0.2) is 0 Å². The monoisotopic (exact) mass is 823 g/mol. The average Bonchev–Trinajstić information content (AvgIpc) is 3.96. The molecule has 8 rings (SSSR count). The Kier molecular flexibility index (Phi) is 13.1. The van der Waals surface area contributed by atoms with Gasteiger partial charge in [-0.05, 0) is 101 Å². The summed E-state index contributed by atoms with van der Waals surface area (Å²) in [5.41, 5.74) is 0. The molecule has 8 aliphatic rings. The molecule has 0 atom stereocenters. The van der Waals surface area contributed by atoms with Gasteiger partial charge in [0.25, 0.3) is 0 Å². The van der Waals surface area contributed by atoms with Gasteiger partial charge in [-0.15, -0.1) is 0 Å². The van der Waals surface area contributed by atoms with Crippen LogP contribution in [0.25, 0.3) is 0 Å². The summed E-state index contributed by atoms with van der Waals surface area (Å²) in [5.74, 6) is 0. The minimum atomic E-state index is 0. The Labute approximate surface area is 301 Å². The second-order valence-electron chi connectivity index (χ2n) is 15.0. The predicted octanol–water partition coefficient (Wildman–Crippen LogP) is 8.05. The molecule has 4 fully saturated rings. The van der Waals surface area contributed by atoms with E-state index in [1.165, 1.54) is 128 Å². The summed E-state index contributed by atoms with van der Waals surface area (Å²) in [7, 11) is 0. The third-order valence-corrected chi connectivity index (χ3v) is 11.5. The first-order valence-electron chi connectivity index (χ1n) is 19.0. The van der Waals surface area contributed by atoms with E-state index in [4.69, 9.17) is 0 Å². The summed E-state index contributed by atoms with van der Waals surface area (Å²) < 4.78 is 0. The van der Waals surface area contributed by atoms with Crippen molar-refractivity contribution in [2.45, 2.75) is 153 Å². The molecule has 0 spiro atoms. The van der Waals surface area contributed by atoms with Gasteiger partial charge in [-0.2, -0.15) is 26.7 Å². The van der Waals surface area contributed by atoms with Crippen LogP contribution in [0.5, 0.6) is 0 Å². The molecule has 4 aliphatic heterocycles. The van der Waals surface area contributed by atoms with E-state index < -0.39 is 0 Å².